The van der Waals surface area contributed by atoms with Gasteiger partial charge in [-0.3, -0.25) is 0 Å². The lowest BCUT2D eigenvalue weighted by atomic mass is 10.3. The van der Waals surface area contributed by atoms with E-state index >= 15 is 0 Å². The van der Waals surface area contributed by atoms with Crippen molar-refractivity contribution in [1.82, 2.24) is 9.88 Å². The first-order chi connectivity index (χ1) is 8.83. The maximum atomic E-state index is 5.14. The van der Waals surface area contributed by atoms with Gasteiger partial charge in [-0.05, 0) is 25.1 Å². The molecular formula is C13H20BrN3O. The summed E-state index contributed by atoms with van der Waals surface area (Å²) in [5.74, 6) is 1.87. The highest BCUT2D eigenvalue weighted by Crippen LogP contribution is 2.17. The Balaban J connectivity index is 1.96. The van der Waals surface area contributed by atoms with E-state index in [2.05, 4.69) is 30.7 Å². The fraction of sp³-hybridized carbons (Fsp3) is 0.615. The Bertz CT molecular complexity index is 358. The largest absolute Gasteiger partial charge is 0.495 e. The monoisotopic (exact) mass is 313 g/mol. The molecule has 0 atom stereocenters. The number of ether oxygens (including phenoxy) is 1. The normalized spacial score (nSPS) is 17.6. The van der Waals surface area contributed by atoms with Crippen molar-refractivity contribution in [3.05, 3.63) is 18.3 Å². The molecule has 4 nitrogen and oxygen atoms in total. The summed E-state index contributed by atoms with van der Waals surface area (Å²) in [5, 5.41) is 1.05. The average molecular weight is 314 g/mol. The van der Waals surface area contributed by atoms with E-state index in [0.29, 0.717) is 0 Å². The first-order valence-corrected chi connectivity index (χ1v) is 7.49. The van der Waals surface area contributed by atoms with E-state index in [9.17, 15) is 0 Å². The number of halogens is 1. The Kier molecular flexibility index (Phi) is 5.26. The molecule has 0 bridgehead atoms. The highest BCUT2D eigenvalue weighted by Gasteiger charge is 2.15. The topological polar surface area (TPSA) is 28.6 Å². The van der Waals surface area contributed by atoms with Crippen molar-refractivity contribution in [3.63, 3.8) is 0 Å². The summed E-state index contributed by atoms with van der Waals surface area (Å²) < 4.78 is 5.14. The molecule has 0 radical (unpaired) electrons. The smallest absolute Gasteiger partial charge is 0.137 e. The molecular weight excluding hydrogens is 294 g/mol. The van der Waals surface area contributed by atoms with Gasteiger partial charge in [-0.15, -0.1) is 0 Å². The van der Waals surface area contributed by atoms with Crippen LogP contribution in [-0.4, -0.2) is 55.0 Å². The number of pyridine rings is 1. The van der Waals surface area contributed by atoms with E-state index in [0.717, 1.165) is 43.1 Å². The molecule has 0 aliphatic carbocycles. The zero-order valence-corrected chi connectivity index (χ0v) is 12.4. The van der Waals surface area contributed by atoms with Gasteiger partial charge in [-0.2, -0.15) is 0 Å². The lowest BCUT2D eigenvalue weighted by Gasteiger charge is -2.22. The molecule has 1 fully saturated rings. The summed E-state index contributed by atoms with van der Waals surface area (Å²) >= 11 is 3.50. The van der Waals surface area contributed by atoms with Crippen LogP contribution in [-0.2, 0) is 0 Å². The van der Waals surface area contributed by atoms with E-state index in [-0.39, 0.29) is 0 Å². The van der Waals surface area contributed by atoms with Crippen LogP contribution in [0, 0.1) is 0 Å². The van der Waals surface area contributed by atoms with E-state index in [1.54, 1.807) is 13.3 Å². The molecule has 1 aromatic heterocycles. The average Bonchev–Trinajstić information content (AvgIpc) is 2.65. The molecule has 0 saturated carbocycles. The zero-order valence-electron chi connectivity index (χ0n) is 10.8. The van der Waals surface area contributed by atoms with Crippen LogP contribution in [0.15, 0.2) is 18.3 Å². The summed E-state index contributed by atoms with van der Waals surface area (Å²) in [6.07, 6.45) is 2.98. The molecule has 0 aromatic carbocycles. The number of hydrogen-bond donors (Lipinski definition) is 0. The van der Waals surface area contributed by atoms with Crippen molar-refractivity contribution in [2.45, 2.75) is 6.42 Å². The van der Waals surface area contributed by atoms with Crippen molar-refractivity contribution in [2.24, 2.45) is 0 Å². The molecule has 5 heteroatoms. The first kappa shape index (κ1) is 13.6. The molecule has 0 unspecified atom stereocenters. The van der Waals surface area contributed by atoms with Crippen molar-refractivity contribution >= 4 is 21.7 Å². The molecule has 2 rings (SSSR count). The third-order valence-corrected chi connectivity index (χ3v) is 3.62. The predicted molar refractivity (Wildman–Crippen MR) is 77.9 cm³/mol. The van der Waals surface area contributed by atoms with Crippen LogP contribution in [0.4, 0.5) is 5.82 Å². The van der Waals surface area contributed by atoms with Crippen LogP contribution < -0.4 is 9.64 Å². The van der Waals surface area contributed by atoms with Crippen LogP contribution in [0.5, 0.6) is 5.75 Å². The lowest BCUT2D eigenvalue weighted by Crippen LogP contribution is -2.32. The van der Waals surface area contributed by atoms with Crippen LogP contribution >= 0.6 is 15.9 Å². The second kappa shape index (κ2) is 6.95. The van der Waals surface area contributed by atoms with Gasteiger partial charge in [0.15, 0.2) is 0 Å². The molecule has 2 heterocycles. The fourth-order valence-corrected chi connectivity index (χ4v) is 2.72. The van der Waals surface area contributed by atoms with Crippen LogP contribution in [0.3, 0.4) is 0 Å². The van der Waals surface area contributed by atoms with Gasteiger partial charge in [0.1, 0.15) is 11.6 Å². The number of methoxy groups -OCH3 is 1. The quantitative estimate of drug-likeness (QED) is 0.795. The summed E-state index contributed by atoms with van der Waals surface area (Å²) in [6.45, 7) is 5.55. The first-order valence-electron chi connectivity index (χ1n) is 6.37. The van der Waals surface area contributed by atoms with Gasteiger partial charge in [-0.1, -0.05) is 15.9 Å². The molecule has 0 spiro atoms. The van der Waals surface area contributed by atoms with Crippen molar-refractivity contribution in [2.75, 3.05) is 50.1 Å². The van der Waals surface area contributed by atoms with Crippen molar-refractivity contribution < 1.29 is 4.74 Å². The number of hydrogen-bond acceptors (Lipinski definition) is 4. The third-order valence-electron chi connectivity index (χ3n) is 3.27. The minimum Gasteiger partial charge on any atom is -0.495 e. The van der Waals surface area contributed by atoms with Crippen LogP contribution in [0.1, 0.15) is 6.42 Å². The van der Waals surface area contributed by atoms with E-state index in [1.807, 2.05) is 12.1 Å². The molecule has 1 aromatic rings. The Labute approximate surface area is 117 Å². The molecule has 1 aliphatic rings. The SMILES string of the molecule is COc1ccc(N2CCCN(CCBr)CC2)nc1. The Morgan fingerprint density at radius 3 is 2.83 bits per heavy atom. The van der Waals surface area contributed by atoms with Gasteiger partial charge in [0.25, 0.3) is 0 Å². The molecule has 0 amide bonds. The maximum Gasteiger partial charge on any atom is 0.137 e. The highest BCUT2D eigenvalue weighted by molar-refractivity contribution is 9.09. The van der Waals surface area contributed by atoms with Crippen molar-refractivity contribution in [1.29, 1.82) is 0 Å². The van der Waals surface area contributed by atoms with Crippen LogP contribution in [0.25, 0.3) is 0 Å². The van der Waals surface area contributed by atoms with E-state index < -0.39 is 0 Å². The molecule has 100 valence electrons. The number of aromatic nitrogens is 1. The number of nitrogens with zero attached hydrogens (tertiary/aromatic N) is 3. The number of alkyl halides is 1. The van der Waals surface area contributed by atoms with Gasteiger partial charge in [0.05, 0.1) is 13.3 Å². The molecule has 18 heavy (non-hydrogen) atoms. The third kappa shape index (κ3) is 3.59. The van der Waals surface area contributed by atoms with E-state index in [4.69, 9.17) is 4.74 Å². The zero-order chi connectivity index (χ0) is 12.8. The van der Waals surface area contributed by atoms with Gasteiger partial charge in [-0.25, -0.2) is 4.98 Å². The van der Waals surface area contributed by atoms with Gasteiger partial charge in [0, 0.05) is 31.5 Å². The summed E-state index contributed by atoms with van der Waals surface area (Å²) in [4.78, 5) is 9.31. The van der Waals surface area contributed by atoms with Crippen molar-refractivity contribution in [3.8, 4) is 5.75 Å². The minimum absolute atomic E-state index is 0.814. The van der Waals surface area contributed by atoms with Gasteiger partial charge < -0.3 is 14.5 Å². The molecule has 1 saturated heterocycles. The van der Waals surface area contributed by atoms with Gasteiger partial charge in [0.2, 0.25) is 0 Å². The van der Waals surface area contributed by atoms with Gasteiger partial charge >= 0.3 is 0 Å². The summed E-state index contributed by atoms with van der Waals surface area (Å²) in [7, 11) is 1.67. The fourth-order valence-electron chi connectivity index (χ4n) is 2.22. The highest BCUT2D eigenvalue weighted by atomic mass is 79.9. The summed E-state index contributed by atoms with van der Waals surface area (Å²) in [5.41, 5.74) is 0. The second-order valence-electron chi connectivity index (χ2n) is 4.43. The summed E-state index contributed by atoms with van der Waals surface area (Å²) in [6, 6.07) is 4.02. The van der Waals surface area contributed by atoms with Crippen LogP contribution in [0.2, 0.25) is 0 Å². The predicted octanol–water partition coefficient (Wildman–Crippen LogP) is 2.00. The molecule has 0 N–H and O–H groups in total. The maximum absolute atomic E-state index is 5.14. The Morgan fingerprint density at radius 1 is 1.28 bits per heavy atom. The second-order valence-corrected chi connectivity index (χ2v) is 5.22. The Hall–Kier alpha value is -0.810. The molecule has 1 aliphatic heterocycles. The number of anilines is 1. The minimum atomic E-state index is 0.814. The Morgan fingerprint density at radius 2 is 2.17 bits per heavy atom. The number of rotatable bonds is 4. The standard InChI is InChI=1S/C13H20BrN3O/c1-18-12-3-4-13(15-11-12)17-7-2-6-16(8-5-14)9-10-17/h3-4,11H,2,5-10H2,1H3. The van der Waals surface area contributed by atoms with E-state index in [1.165, 1.54) is 13.0 Å². The lowest BCUT2D eigenvalue weighted by molar-refractivity contribution is 0.313.